The summed E-state index contributed by atoms with van der Waals surface area (Å²) in [6.07, 6.45) is -0.196. The Morgan fingerprint density at radius 1 is 1.56 bits per heavy atom. The zero-order valence-corrected chi connectivity index (χ0v) is 12.2. The maximum absolute atomic E-state index is 13.2. The third kappa shape index (κ3) is 6.03. The second-order valence-corrected chi connectivity index (χ2v) is 4.99. The van der Waals surface area contributed by atoms with Crippen LogP contribution in [0.2, 0.25) is 0 Å². The van der Waals surface area contributed by atoms with Crippen molar-refractivity contribution in [1.82, 2.24) is 5.32 Å². The highest BCUT2D eigenvalue weighted by Gasteiger charge is 2.43. The van der Waals surface area contributed by atoms with Gasteiger partial charge < -0.3 is 15.8 Å². The van der Waals surface area contributed by atoms with Gasteiger partial charge in [0.05, 0.1) is 6.10 Å². The van der Waals surface area contributed by atoms with Crippen molar-refractivity contribution in [3.63, 3.8) is 0 Å². The van der Waals surface area contributed by atoms with E-state index in [-0.39, 0.29) is 12.5 Å². The number of amides is 1. The van der Waals surface area contributed by atoms with Gasteiger partial charge >= 0.3 is 0 Å². The summed E-state index contributed by atoms with van der Waals surface area (Å²) in [5.41, 5.74) is 1.97. The molecule has 0 bridgehead atoms. The van der Waals surface area contributed by atoms with E-state index in [1.807, 2.05) is 20.8 Å². The van der Waals surface area contributed by atoms with Crippen molar-refractivity contribution in [2.75, 3.05) is 13.2 Å². The van der Waals surface area contributed by atoms with Crippen LogP contribution in [0, 0.1) is 5.92 Å². The average molecular weight is 284 g/mol. The zero-order valence-electron chi connectivity index (χ0n) is 11.1. The SMILES string of the molecule is CC.CC1CNC(C(F)(F)P)C(OCC(N)=O)C1. The summed E-state index contributed by atoms with van der Waals surface area (Å²) in [6, 6.07) is -1.09. The molecule has 1 amide bonds. The zero-order chi connectivity index (χ0) is 14.3. The molecule has 1 aliphatic rings. The number of hydrogen-bond donors (Lipinski definition) is 2. The molecule has 0 aromatic rings. The molecule has 1 saturated heterocycles. The molecule has 0 aromatic heterocycles. The third-order valence-electron chi connectivity index (χ3n) is 2.55. The Labute approximate surface area is 109 Å². The number of nitrogens with two attached hydrogens (primary N) is 1. The van der Waals surface area contributed by atoms with Gasteiger partial charge in [0.2, 0.25) is 5.91 Å². The van der Waals surface area contributed by atoms with Crippen LogP contribution in [-0.4, -0.2) is 36.9 Å². The van der Waals surface area contributed by atoms with E-state index in [1.54, 1.807) is 0 Å². The molecular formula is C11H23F2N2O2P. The third-order valence-corrected chi connectivity index (χ3v) is 2.91. The van der Waals surface area contributed by atoms with Crippen molar-refractivity contribution in [2.45, 2.75) is 45.0 Å². The van der Waals surface area contributed by atoms with Crippen LogP contribution >= 0.6 is 9.24 Å². The summed E-state index contributed by atoms with van der Waals surface area (Å²) in [4.78, 5) is 10.6. The standard InChI is InChI=1S/C9H17F2N2O2P.C2H6/c1-5-2-6(15-4-7(12)14)8(13-3-5)9(10,11)16;1-2/h5-6,8,13H,2-4,16H2,1H3,(H2,12,14);1-2H3. The molecule has 1 fully saturated rings. The lowest BCUT2D eigenvalue weighted by molar-refractivity contribution is -0.129. The first kappa shape index (κ1) is 17.7. The smallest absolute Gasteiger partial charge is 0.276 e. The summed E-state index contributed by atoms with van der Waals surface area (Å²) in [6.45, 7) is 6.13. The number of alkyl halides is 2. The lowest BCUT2D eigenvalue weighted by Crippen LogP contribution is -2.56. The number of hydrogen-bond acceptors (Lipinski definition) is 3. The van der Waals surface area contributed by atoms with E-state index in [9.17, 15) is 13.6 Å². The molecule has 0 saturated carbocycles. The molecule has 0 aliphatic carbocycles. The quantitative estimate of drug-likeness (QED) is 0.766. The molecular weight excluding hydrogens is 261 g/mol. The van der Waals surface area contributed by atoms with E-state index in [4.69, 9.17) is 10.5 Å². The molecule has 4 atom stereocenters. The highest BCUT2D eigenvalue weighted by molar-refractivity contribution is 7.18. The maximum atomic E-state index is 13.2. The Morgan fingerprint density at radius 3 is 2.56 bits per heavy atom. The second kappa shape index (κ2) is 7.97. The summed E-state index contributed by atoms with van der Waals surface area (Å²) in [5.74, 6) is -0.412. The number of piperidine rings is 1. The van der Waals surface area contributed by atoms with E-state index in [0.717, 1.165) is 0 Å². The van der Waals surface area contributed by atoms with Crippen LogP contribution in [-0.2, 0) is 9.53 Å². The van der Waals surface area contributed by atoms with Gasteiger partial charge in [-0.25, -0.2) is 8.78 Å². The summed E-state index contributed by atoms with van der Waals surface area (Å²) in [7, 11) is 1.50. The number of primary amides is 1. The van der Waals surface area contributed by atoms with Crippen molar-refractivity contribution in [1.29, 1.82) is 0 Å². The first-order valence-corrected chi connectivity index (χ1v) is 6.68. The highest BCUT2D eigenvalue weighted by Crippen LogP contribution is 2.33. The van der Waals surface area contributed by atoms with Gasteiger partial charge in [0.25, 0.3) is 5.66 Å². The minimum absolute atomic E-state index is 0.237. The molecule has 0 radical (unpaired) electrons. The monoisotopic (exact) mass is 284 g/mol. The van der Waals surface area contributed by atoms with Gasteiger partial charge in [0.1, 0.15) is 12.6 Å². The van der Waals surface area contributed by atoms with Crippen molar-refractivity contribution >= 4 is 15.1 Å². The van der Waals surface area contributed by atoms with Crippen molar-refractivity contribution < 1.29 is 18.3 Å². The number of carbonyl (C=O) groups excluding carboxylic acids is 1. The molecule has 1 heterocycles. The van der Waals surface area contributed by atoms with Gasteiger partial charge in [-0.15, -0.1) is 0 Å². The first-order chi connectivity index (χ1) is 8.30. The van der Waals surface area contributed by atoms with Crippen LogP contribution in [0.15, 0.2) is 0 Å². The fourth-order valence-electron chi connectivity index (χ4n) is 1.81. The normalized spacial score (nSPS) is 28.2. The van der Waals surface area contributed by atoms with E-state index in [1.165, 1.54) is 9.24 Å². The molecule has 0 spiro atoms. The van der Waals surface area contributed by atoms with Crippen LogP contribution in [0.5, 0.6) is 0 Å². The molecule has 108 valence electrons. The largest absolute Gasteiger partial charge is 0.368 e. The first-order valence-electron chi connectivity index (χ1n) is 6.10. The molecule has 0 aromatic carbocycles. The number of nitrogens with one attached hydrogen (secondary N) is 1. The van der Waals surface area contributed by atoms with Crippen molar-refractivity contribution in [3.8, 4) is 0 Å². The van der Waals surface area contributed by atoms with E-state index in [0.29, 0.717) is 13.0 Å². The Morgan fingerprint density at radius 2 is 2.11 bits per heavy atom. The Bertz CT molecular complexity index is 262. The van der Waals surface area contributed by atoms with Crippen LogP contribution < -0.4 is 11.1 Å². The molecule has 3 N–H and O–H groups in total. The van der Waals surface area contributed by atoms with Gasteiger partial charge in [0, 0.05) is 0 Å². The lowest BCUT2D eigenvalue weighted by atomic mass is 9.93. The minimum Gasteiger partial charge on any atom is -0.368 e. The van der Waals surface area contributed by atoms with E-state index in [2.05, 4.69) is 5.32 Å². The van der Waals surface area contributed by atoms with Crippen LogP contribution in [0.25, 0.3) is 0 Å². The molecule has 18 heavy (non-hydrogen) atoms. The highest BCUT2D eigenvalue weighted by atomic mass is 31.0. The lowest BCUT2D eigenvalue weighted by Gasteiger charge is -2.38. The average Bonchev–Trinajstić information content (AvgIpc) is 2.27. The number of rotatable bonds is 4. The van der Waals surface area contributed by atoms with E-state index >= 15 is 0 Å². The summed E-state index contributed by atoms with van der Waals surface area (Å²) < 4.78 is 31.6. The number of carbonyl (C=O) groups is 1. The molecule has 4 unspecified atom stereocenters. The van der Waals surface area contributed by atoms with Crippen molar-refractivity contribution in [2.24, 2.45) is 11.7 Å². The summed E-state index contributed by atoms with van der Waals surface area (Å²) in [5, 5.41) is 2.73. The Kier molecular flexibility index (Phi) is 7.83. The molecule has 1 rings (SSSR count). The fourth-order valence-corrected chi connectivity index (χ4v) is 2.15. The van der Waals surface area contributed by atoms with Crippen LogP contribution in [0.1, 0.15) is 27.2 Å². The predicted octanol–water partition coefficient (Wildman–Crippen LogP) is 1.35. The molecule has 1 aliphatic heterocycles. The van der Waals surface area contributed by atoms with Crippen LogP contribution in [0.3, 0.4) is 0 Å². The van der Waals surface area contributed by atoms with Gasteiger partial charge in [-0.1, -0.05) is 30.0 Å². The predicted molar refractivity (Wildman–Crippen MR) is 70.5 cm³/mol. The second-order valence-electron chi connectivity index (χ2n) is 4.22. The van der Waals surface area contributed by atoms with Crippen LogP contribution in [0.4, 0.5) is 8.78 Å². The van der Waals surface area contributed by atoms with Gasteiger partial charge in [0.15, 0.2) is 0 Å². The Balaban J connectivity index is 0.00000137. The topological polar surface area (TPSA) is 64.3 Å². The molecule has 7 heteroatoms. The van der Waals surface area contributed by atoms with Gasteiger partial charge in [-0.2, -0.15) is 0 Å². The van der Waals surface area contributed by atoms with E-state index < -0.39 is 23.7 Å². The Hall–Kier alpha value is -0.320. The fraction of sp³-hybridized carbons (Fsp3) is 0.909. The maximum Gasteiger partial charge on any atom is 0.276 e. The van der Waals surface area contributed by atoms with Crippen molar-refractivity contribution in [3.05, 3.63) is 0 Å². The minimum atomic E-state index is -2.96. The van der Waals surface area contributed by atoms with Gasteiger partial charge in [-0.05, 0) is 18.9 Å². The van der Waals surface area contributed by atoms with Gasteiger partial charge in [-0.3, -0.25) is 4.79 Å². The number of ether oxygens (including phenoxy) is 1. The number of halogens is 2. The summed E-state index contributed by atoms with van der Waals surface area (Å²) >= 11 is 0. The molecule has 4 nitrogen and oxygen atoms in total.